The third kappa shape index (κ3) is 4.79. The molecule has 0 atom stereocenters. The fraction of sp³-hybridized carbons (Fsp3) is 0.176. The minimum absolute atomic E-state index is 0.0958. The first-order chi connectivity index (χ1) is 10.7. The molecule has 0 saturated heterocycles. The van der Waals surface area contributed by atoms with Crippen molar-refractivity contribution in [3.05, 3.63) is 81.7 Å². The van der Waals surface area contributed by atoms with Crippen LogP contribution in [0.4, 0.5) is 10.1 Å². The molecule has 1 N–H and O–H groups in total. The first kappa shape index (κ1) is 15.9. The van der Waals surface area contributed by atoms with Crippen molar-refractivity contribution in [2.45, 2.75) is 6.42 Å². The van der Waals surface area contributed by atoms with Crippen molar-refractivity contribution >= 4 is 11.8 Å². The summed E-state index contributed by atoms with van der Waals surface area (Å²) in [5.41, 5.74) is 1.62. The fourth-order valence-corrected chi connectivity index (χ4v) is 2.09. The van der Waals surface area contributed by atoms with Gasteiger partial charge in [0.15, 0.2) is 0 Å². The number of nitrogens with zero attached hydrogens (tertiary/aromatic N) is 1. The van der Waals surface area contributed by atoms with E-state index in [2.05, 4.69) is 5.32 Å². The Morgan fingerprint density at radius 2 is 2.00 bits per heavy atom. The summed E-state index contributed by atoms with van der Waals surface area (Å²) in [6.45, 7) is 1.31. The molecule has 0 saturated carbocycles. The summed E-state index contributed by atoms with van der Waals surface area (Å²) in [4.78, 5) is 10.5. The van der Waals surface area contributed by atoms with Crippen LogP contribution in [0.15, 0.2) is 54.6 Å². The number of para-hydroxylation sites is 1. The monoisotopic (exact) mass is 300 g/mol. The Balaban J connectivity index is 1.78. The van der Waals surface area contributed by atoms with Gasteiger partial charge in [-0.3, -0.25) is 10.1 Å². The summed E-state index contributed by atoms with van der Waals surface area (Å²) in [6.07, 6.45) is 4.30. The van der Waals surface area contributed by atoms with Gasteiger partial charge in [-0.25, -0.2) is 4.39 Å². The summed E-state index contributed by atoms with van der Waals surface area (Å²) < 4.78 is 13.0. The molecule has 0 bridgehead atoms. The highest BCUT2D eigenvalue weighted by Crippen LogP contribution is 2.18. The number of nitrogens with one attached hydrogen (secondary N) is 1. The van der Waals surface area contributed by atoms with Gasteiger partial charge in [0.05, 0.1) is 10.5 Å². The Kier molecular flexibility index (Phi) is 5.80. The van der Waals surface area contributed by atoms with Gasteiger partial charge in [-0.15, -0.1) is 0 Å². The van der Waals surface area contributed by atoms with Gasteiger partial charge in [-0.1, -0.05) is 36.4 Å². The average molecular weight is 300 g/mol. The Hall–Kier alpha value is -2.53. The molecule has 0 aliphatic rings. The number of benzene rings is 2. The zero-order valence-electron chi connectivity index (χ0n) is 12.0. The van der Waals surface area contributed by atoms with Crippen molar-refractivity contribution in [1.29, 1.82) is 0 Å². The van der Waals surface area contributed by atoms with E-state index in [1.165, 1.54) is 18.2 Å². The van der Waals surface area contributed by atoms with Gasteiger partial charge < -0.3 is 5.32 Å². The first-order valence-corrected chi connectivity index (χ1v) is 7.02. The van der Waals surface area contributed by atoms with Crippen LogP contribution in [0.5, 0.6) is 0 Å². The van der Waals surface area contributed by atoms with E-state index in [-0.39, 0.29) is 11.5 Å². The van der Waals surface area contributed by atoms with E-state index < -0.39 is 4.92 Å². The van der Waals surface area contributed by atoms with Crippen LogP contribution in [0, 0.1) is 15.9 Å². The number of nitro benzene ring substituents is 1. The van der Waals surface area contributed by atoms with Gasteiger partial charge in [0.25, 0.3) is 5.69 Å². The third-order valence-electron chi connectivity index (χ3n) is 3.17. The van der Waals surface area contributed by atoms with Crippen LogP contribution in [0.2, 0.25) is 0 Å². The Labute approximate surface area is 128 Å². The largest absolute Gasteiger partial charge is 0.313 e. The molecular weight excluding hydrogens is 283 g/mol. The summed E-state index contributed by atoms with van der Waals surface area (Å²) in [7, 11) is 0. The van der Waals surface area contributed by atoms with E-state index in [1.54, 1.807) is 30.3 Å². The minimum Gasteiger partial charge on any atom is -0.313 e. The molecule has 5 heteroatoms. The van der Waals surface area contributed by atoms with Crippen molar-refractivity contribution < 1.29 is 9.31 Å². The maximum absolute atomic E-state index is 13.0. The van der Waals surface area contributed by atoms with Gasteiger partial charge >= 0.3 is 0 Å². The van der Waals surface area contributed by atoms with E-state index in [0.717, 1.165) is 12.0 Å². The van der Waals surface area contributed by atoms with Gasteiger partial charge in [0.2, 0.25) is 0 Å². The van der Waals surface area contributed by atoms with E-state index in [4.69, 9.17) is 0 Å². The molecule has 0 radical (unpaired) electrons. The Morgan fingerprint density at radius 3 is 2.77 bits per heavy atom. The zero-order valence-corrected chi connectivity index (χ0v) is 12.0. The van der Waals surface area contributed by atoms with Crippen LogP contribution < -0.4 is 5.32 Å². The van der Waals surface area contributed by atoms with E-state index in [9.17, 15) is 14.5 Å². The minimum atomic E-state index is -0.392. The molecule has 0 aromatic heterocycles. The van der Waals surface area contributed by atoms with Crippen molar-refractivity contribution in [3.63, 3.8) is 0 Å². The lowest BCUT2D eigenvalue weighted by atomic mass is 10.1. The highest BCUT2D eigenvalue weighted by molar-refractivity contribution is 5.60. The van der Waals surface area contributed by atoms with Gasteiger partial charge in [0.1, 0.15) is 5.82 Å². The molecule has 0 aliphatic carbocycles. The maximum atomic E-state index is 13.0. The first-order valence-electron chi connectivity index (χ1n) is 7.02. The Morgan fingerprint density at radius 1 is 1.18 bits per heavy atom. The topological polar surface area (TPSA) is 55.2 Å². The van der Waals surface area contributed by atoms with Gasteiger partial charge in [0, 0.05) is 12.6 Å². The lowest BCUT2D eigenvalue weighted by Gasteiger charge is -2.02. The van der Waals surface area contributed by atoms with Crippen LogP contribution in [0.25, 0.3) is 6.08 Å². The molecule has 0 heterocycles. The normalized spacial score (nSPS) is 11.0. The lowest BCUT2D eigenvalue weighted by Crippen LogP contribution is -2.16. The summed E-state index contributed by atoms with van der Waals surface area (Å²) in [5, 5.41) is 14.1. The predicted molar refractivity (Wildman–Crippen MR) is 85.1 cm³/mol. The molecular formula is C17H17FN2O2. The highest BCUT2D eigenvalue weighted by Gasteiger charge is 2.08. The molecule has 22 heavy (non-hydrogen) atoms. The van der Waals surface area contributed by atoms with Crippen LogP contribution >= 0.6 is 0 Å². The molecule has 114 valence electrons. The molecule has 0 spiro atoms. The van der Waals surface area contributed by atoms with Crippen molar-refractivity contribution in [2.75, 3.05) is 13.1 Å². The standard InChI is InChI=1S/C17H17FN2O2/c18-16-8-3-5-14(13-16)10-12-19-11-4-7-15-6-1-2-9-17(15)20(21)22/h1-9,13,19H,10-12H2/b7-4+. The van der Waals surface area contributed by atoms with E-state index in [1.807, 2.05) is 12.1 Å². The molecule has 4 nitrogen and oxygen atoms in total. The smallest absolute Gasteiger partial charge is 0.276 e. The second-order valence-electron chi connectivity index (χ2n) is 4.80. The SMILES string of the molecule is O=[N+]([O-])c1ccccc1/C=C/CNCCc1cccc(F)c1. The Bertz CT molecular complexity index is 671. The van der Waals surface area contributed by atoms with Crippen molar-refractivity contribution in [3.8, 4) is 0 Å². The van der Waals surface area contributed by atoms with Crippen LogP contribution in [-0.2, 0) is 6.42 Å². The molecule has 0 amide bonds. The molecule has 2 aromatic rings. The number of rotatable bonds is 7. The van der Waals surface area contributed by atoms with E-state index >= 15 is 0 Å². The highest BCUT2D eigenvalue weighted by atomic mass is 19.1. The molecule has 0 aliphatic heterocycles. The van der Waals surface area contributed by atoms with Crippen molar-refractivity contribution in [2.24, 2.45) is 0 Å². The van der Waals surface area contributed by atoms with E-state index in [0.29, 0.717) is 18.7 Å². The maximum Gasteiger partial charge on any atom is 0.276 e. The fourth-order valence-electron chi connectivity index (χ4n) is 2.09. The van der Waals surface area contributed by atoms with Crippen LogP contribution in [0.3, 0.4) is 0 Å². The summed E-state index contributed by atoms with van der Waals surface area (Å²) in [6, 6.07) is 13.1. The number of hydrogen-bond acceptors (Lipinski definition) is 3. The molecule has 2 aromatic carbocycles. The third-order valence-corrected chi connectivity index (χ3v) is 3.17. The molecule has 0 unspecified atom stereocenters. The second-order valence-corrected chi connectivity index (χ2v) is 4.80. The predicted octanol–water partition coefficient (Wildman–Crippen LogP) is 3.58. The van der Waals surface area contributed by atoms with Crippen LogP contribution in [-0.4, -0.2) is 18.0 Å². The molecule has 0 fully saturated rings. The summed E-state index contributed by atoms with van der Waals surface area (Å²) in [5.74, 6) is -0.228. The second kappa shape index (κ2) is 8.05. The zero-order chi connectivity index (χ0) is 15.8. The van der Waals surface area contributed by atoms with Crippen LogP contribution in [0.1, 0.15) is 11.1 Å². The number of hydrogen-bond donors (Lipinski definition) is 1. The average Bonchev–Trinajstić information content (AvgIpc) is 2.51. The van der Waals surface area contributed by atoms with Gasteiger partial charge in [-0.05, 0) is 36.7 Å². The molecule has 2 rings (SSSR count). The number of halogens is 1. The number of nitro groups is 1. The quantitative estimate of drug-likeness (QED) is 0.483. The lowest BCUT2D eigenvalue weighted by molar-refractivity contribution is -0.385. The summed E-state index contributed by atoms with van der Waals surface area (Å²) >= 11 is 0. The van der Waals surface area contributed by atoms with Crippen molar-refractivity contribution in [1.82, 2.24) is 5.32 Å². The van der Waals surface area contributed by atoms with Gasteiger partial charge in [-0.2, -0.15) is 0 Å².